The molecule has 0 spiro atoms. The van der Waals surface area contributed by atoms with Gasteiger partial charge in [-0.25, -0.2) is 0 Å². The van der Waals surface area contributed by atoms with Gasteiger partial charge in [0.25, 0.3) is 0 Å². The van der Waals surface area contributed by atoms with Crippen molar-refractivity contribution in [1.29, 1.82) is 0 Å². The summed E-state index contributed by atoms with van der Waals surface area (Å²) in [6.45, 7) is 8.77. The van der Waals surface area contributed by atoms with Gasteiger partial charge in [0.2, 0.25) is 0 Å². The normalized spacial score (nSPS) is 25.7. The van der Waals surface area contributed by atoms with Crippen LogP contribution in [0.2, 0.25) is 0 Å². The zero-order valence-corrected chi connectivity index (χ0v) is 8.10. The lowest BCUT2D eigenvalue weighted by atomic mass is 10.00. The molecule has 1 aliphatic rings. The Morgan fingerprint density at radius 2 is 1.82 bits per heavy atom. The van der Waals surface area contributed by atoms with Gasteiger partial charge >= 0.3 is 0 Å². The third kappa shape index (κ3) is 1.32. The Labute approximate surface area is 69.4 Å². The molecule has 1 nitrogen and oxygen atoms in total. The van der Waals surface area contributed by atoms with E-state index in [4.69, 9.17) is 0 Å². The Balaban J connectivity index is 3.01. The zero-order valence-electron chi connectivity index (χ0n) is 8.10. The van der Waals surface area contributed by atoms with Crippen LogP contribution in [0.1, 0.15) is 27.7 Å². The maximum atomic E-state index is 2.32. The van der Waals surface area contributed by atoms with Gasteiger partial charge in [0, 0.05) is 18.8 Å². The van der Waals surface area contributed by atoms with Crippen LogP contribution in [-0.2, 0) is 0 Å². The van der Waals surface area contributed by atoms with Gasteiger partial charge in [0.05, 0.1) is 0 Å². The van der Waals surface area contributed by atoms with Crippen molar-refractivity contribution in [3.8, 4) is 0 Å². The van der Waals surface area contributed by atoms with Crippen LogP contribution >= 0.6 is 0 Å². The van der Waals surface area contributed by atoms with Crippen molar-refractivity contribution >= 4 is 0 Å². The van der Waals surface area contributed by atoms with E-state index in [1.807, 2.05) is 0 Å². The summed E-state index contributed by atoms with van der Waals surface area (Å²) in [6, 6.07) is 0.568. The van der Waals surface area contributed by atoms with E-state index in [1.54, 1.807) is 0 Å². The fraction of sp³-hybridized carbons (Fsp3) is 0.600. The first-order chi connectivity index (χ1) is 5.04. The number of rotatable bonds is 0. The molecule has 0 aromatic carbocycles. The second-order valence-electron chi connectivity index (χ2n) is 3.44. The molecule has 11 heavy (non-hydrogen) atoms. The molecule has 0 radical (unpaired) electrons. The summed E-state index contributed by atoms with van der Waals surface area (Å²) in [7, 11) is 2.15. The largest absolute Gasteiger partial charge is 0.371 e. The maximum absolute atomic E-state index is 2.32. The van der Waals surface area contributed by atoms with E-state index < -0.39 is 0 Å². The topological polar surface area (TPSA) is 3.24 Å². The molecule has 0 aliphatic carbocycles. The SMILES string of the molecule is CC1=CC(C)=C(C)N(C)[C@@H]1C. The third-order valence-corrected chi connectivity index (χ3v) is 2.78. The number of allylic oxidation sites excluding steroid dienone is 3. The average Bonchev–Trinajstić information content (AvgIpc) is 1.97. The molecule has 0 amide bonds. The van der Waals surface area contributed by atoms with Crippen LogP contribution in [-0.4, -0.2) is 18.0 Å². The molecular formula is C10H17N. The third-order valence-electron chi connectivity index (χ3n) is 2.78. The maximum Gasteiger partial charge on any atom is 0.0468 e. The number of hydrogen-bond acceptors (Lipinski definition) is 1. The summed E-state index contributed by atoms with van der Waals surface area (Å²) < 4.78 is 0. The Morgan fingerprint density at radius 1 is 1.27 bits per heavy atom. The Kier molecular flexibility index (Phi) is 2.08. The van der Waals surface area contributed by atoms with Crippen LogP contribution in [0.5, 0.6) is 0 Å². The van der Waals surface area contributed by atoms with Crippen molar-refractivity contribution in [2.45, 2.75) is 33.7 Å². The highest BCUT2D eigenvalue weighted by Gasteiger charge is 2.16. The molecule has 0 aromatic rings. The molecular weight excluding hydrogens is 134 g/mol. The fourth-order valence-corrected chi connectivity index (χ4v) is 1.44. The van der Waals surface area contributed by atoms with Crippen molar-refractivity contribution in [2.24, 2.45) is 0 Å². The van der Waals surface area contributed by atoms with Crippen LogP contribution < -0.4 is 0 Å². The van der Waals surface area contributed by atoms with Crippen molar-refractivity contribution in [2.75, 3.05) is 7.05 Å². The Hall–Kier alpha value is -0.720. The molecule has 1 heteroatoms. The summed E-state index contributed by atoms with van der Waals surface area (Å²) in [5.74, 6) is 0. The molecule has 0 saturated heterocycles. The second-order valence-corrected chi connectivity index (χ2v) is 3.44. The molecule has 0 N–H and O–H groups in total. The van der Waals surface area contributed by atoms with E-state index in [0.717, 1.165) is 0 Å². The lowest BCUT2D eigenvalue weighted by Gasteiger charge is -2.33. The van der Waals surface area contributed by atoms with Gasteiger partial charge in [-0.2, -0.15) is 0 Å². The van der Waals surface area contributed by atoms with Crippen LogP contribution in [0, 0.1) is 0 Å². The second kappa shape index (κ2) is 2.72. The summed E-state index contributed by atoms with van der Waals surface area (Å²) in [5.41, 5.74) is 4.24. The fourth-order valence-electron chi connectivity index (χ4n) is 1.44. The summed E-state index contributed by atoms with van der Waals surface area (Å²) in [5, 5.41) is 0. The smallest absolute Gasteiger partial charge is 0.0468 e. The van der Waals surface area contributed by atoms with Crippen LogP contribution in [0.15, 0.2) is 22.9 Å². The van der Waals surface area contributed by atoms with E-state index in [1.165, 1.54) is 16.8 Å². The van der Waals surface area contributed by atoms with E-state index in [0.29, 0.717) is 6.04 Å². The lowest BCUT2D eigenvalue weighted by Crippen LogP contribution is -2.31. The van der Waals surface area contributed by atoms with Gasteiger partial charge in [0.1, 0.15) is 0 Å². The molecule has 0 unspecified atom stereocenters. The molecule has 1 rings (SSSR count). The monoisotopic (exact) mass is 151 g/mol. The molecule has 1 heterocycles. The van der Waals surface area contributed by atoms with Gasteiger partial charge in [-0.15, -0.1) is 0 Å². The first-order valence-electron chi connectivity index (χ1n) is 4.12. The van der Waals surface area contributed by atoms with Crippen molar-refractivity contribution in [3.05, 3.63) is 22.9 Å². The molecule has 1 aliphatic heterocycles. The predicted molar refractivity (Wildman–Crippen MR) is 49.4 cm³/mol. The van der Waals surface area contributed by atoms with Gasteiger partial charge in [-0.1, -0.05) is 11.6 Å². The van der Waals surface area contributed by atoms with E-state index in [2.05, 4.69) is 45.7 Å². The Bertz CT molecular complexity index is 223. The minimum absolute atomic E-state index is 0.568. The van der Waals surface area contributed by atoms with Crippen LogP contribution in [0.4, 0.5) is 0 Å². The van der Waals surface area contributed by atoms with E-state index >= 15 is 0 Å². The van der Waals surface area contributed by atoms with Gasteiger partial charge in [-0.05, 0) is 33.3 Å². The molecule has 1 atom stereocenters. The summed E-state index contributed by atoms with van der Waals surface area (Å²) in [6.07, 6.45) is 2.28. The van der Waals surface area contributed by atoms with Crippen molar-refractivity contribution in [3.63, 3.8) is 0 Å². The first kappa shape index (κ1) is 8.38. The molecule has 0 bridgehead atoms. The van der Waals surface area contributed by atoms with Crippen LogP contribution in [0.3, 0.4) is 0 Å². The number of likely N-dealkylation sites (N-methyl/N-ethyl adjacent to an activating group) is 1. The standard InChI is InChI=1S/C10H17N/c1-7-6-8(2)10(4)11(5)9(7)3/h6,9H,1-5H3/t9-/m1/s1. The highest BCUT2D eigenvalue weighted by atomic mass is 15.1. The molecule has 0 fully saturated rings. The molecule has 0 saturated carbocycles. The van der Waals surface area contributed by atoms with Gasteiger partial charge in [-0.3, -0.25) is 0 Å². The summed E-state index contributed by atoms with van der Waals surface area (Å²) >= 11 is 0. The highest BCUT2D eigenvalue weighted by molar-refractivity contribution is 5.32. The number of nitrogens with zero attached hydrogens (tertiary/aromatic N) is 1. The van der Waals surface area contributed by atoms with Gasteiger partial charge in [0.15, 0.2) is 0 Å². The predicted octanol–water partition coefficient (Wildman–Crippen LogP) is 2.56. The molecule has 0 aromatic heterocycles. The van der Waals surface area contributed by atoms with E-state index in [9.17, 15) is 0 Å². The minimum Gasteiger partial charge on any atom is -0.371 e. The lowest BCUT2D eigenvalue weighted by molar-refractivity contribution is 0.350. The van der Waals surface area contributed by atoms with Crippen LogP contribution in [0.25, 0.3) is 0 Å². The number of hydrogen-bond donors (Lipinski definition) is 0. The first-order valence-corrected chi connectivity index (χ1v) is 4.12. The quantitative estimate of drug-likeness (QED) is 0.514. The zero-order chi connectivity index (χ0) is 8.59. The molecule has 62 valence electrons. The average molecular weight is 151 g/mol. The van der Waals surface area contributed by atoms with E-state index in [-0.39, 0.29) is 0 Å². The summed E-state index contributed by atoms with van der Waals surface area (Å²) in [4.78, 5) is 2.32. The highest BCUT2D eigenvalue weighted by Crippen LogP contribution is 2.23. The van der Waals surface area contributed by atoms with Crippen molar-refractivity contribution < 1.29 is 0 Å². The van der Waals surface area contributed by atoms with Crippen molar-refractivity contribution in [1.82, 2.24) is 4.90 Å². The minimum atomic E-state index is 0.568. The van der Waals surface area contributed by atoms with Gasteiger partial charge < -0.3 is 4.90 Å². The Morgan fingerprint density at radius 3 is 2.36 bits per heavy atom.